The van der Waals surface area contributed by atoms with Gasteiger partial charge in [0, 0.05) is 23.7 Å². The summed E-state index contributed by atoms with van der Waals surface area (Å²) in [6.07, 6.45) is 5.03. The summed E-state index contributed by atoms with van der Waals surface area (Å²) in [5.74, 6) is 0.0120. The van der Waals surface area contributed by atoms with E-state index in [4.69, 9.17) is 0 Å². The lowest BCUT2D eigenvalue weighted by molar-refractivity contribution is 0.0933. The molecule has 0 saturated carbocycles. The van der Waals surface area contributed by atoms with Crippen molar-refractivity contribution >= 4 is 17.2 Å². The van der Waals surface area contributed by atoms with E-state index in [1.807, 2.05) is 34.8 Å². The van der Waals surface area contributed by atoms with Crippen LogP contribution < -0.4 is 5.32 Å². The number of rotatable bonds is 2. The van der Waals surface area contributed by atoms with Crippen molar-refractivity contribution in [3.8, 4) is 0 Å². The molecule has 94 valence electrons. The summed E-state index contributed by atoms with van der Waals surface area (Å²) in [4.78, 5) is 12.1. The summed E-state index contributed by atoms with van der Waals surface area (Å²) in [7, 11) is 1.96. The molecule has 0 fully saturated rings. The van der Waals surface area contributed by atoms with Crippen LogP contribution in [0.5, 0.6) is 0 Å². The molecule has 4 nitrogen and oxygen atoms in total. The Kier molecular flexibility index (Phi) is 2.91. The molecule has 5 heteroatoms. The molecule has 3 rings (SSSR count). The van der Waals surface area contributed by atoms with Crippen molar-refractivity contribution in [1.82, 2.24) is 15.1 Å². The lowest BCUT2D eigenvalue weighted by atomic mass is 9.93. The van der Waals surface area contributed by atoms with Gasteiger partial charge in [-0.25, -0.2) is 0 Å². The monoisotopic (exact) mass is 261 g/mol. The lowest BCUT2D eigenvalue weighted by Gasteiger charge is -2.23. The molecule has 1 atom stereocenters. The fourth-order valence-electron chi connectivity index (χ4n) is 2.49. The van der Waals surface area contributed by atoms with Crippen molar-refractivity contribution in [2.24, 2.45) is 7.05 Å². The summed E-state index contributed by atoms with van der Waals surface area (Å²) in [5, 5.41) is 11.2. The van der Waals surface area contributed by atoms with Gasteiger partial charge in [-0.15, -0.1) is 0 Å². The van der Waals surface area contributed by atoms with Crippen LogP contribution in [-0.2, 0) is 13.5 Å². The predicted octanol–water partition coefficient (Wildman–Crippen LogP) is 2.29. The zero-order valence-electron chi connectivity index (χ0n) is 10.2. The summed E-state index contributed by atoms with van der Waals surface area (Å²) in [6.45, 7) is 0. The average molecular weight is 261 g/mol. The van der Waals surface area contributed by atoms with Crippen LogP contribution in [0.1, 0.15) is 40.5 Å². The second-order valence-corrected chi connectivity index (χ2v) is 5.38. The molecule has 2 aromatic rings. The second-order valence-electron chi connectivity index (χ2n) is 4.60. The van der Waals surface area contributed by atoms with E-state index in [0.29, 0.717) is 0 Å². The maximum atomic E-state index is 12.1. The van der Waals surface area contributed by atoms with Gasteiger partial charge in [0.1, 0.15) is 0 Å². The number of nitrogens with one attached hydrogen (secondary N) is 1. The number of carbonyl (C=O) groups excluding carboxylic acids is 1. The first-order chi connectivity index (χ1) is 8.75. The zero-order chi connectivity index (χ0) is 12.5. The molecule has 0 aliphatic heterocycles. The number of amides is 1. The van der Waals surface area contributed by atoms with E-state index < -0.39 is 0 Å². The third-order valence-electron chi connectivity index (χ3n) is 3.46. The number of aryl methyl sites for hydroxylation is 1. The van der Waals surface area contributed by atoms with Crippen molar-refractivity contribution in [3.05, 3.63) is 39.8 Å². The third-order valence-corrected chi connectivity index (χ3v) is 4.15. The number of fused-ring (bicyclic) bond motifs is 1. The van der Waals surface area contributed by atoms with Crippen LogP contribution in [0.4, 0.5) is 0 Å². The van der Waals surface area contributed by atoms with Crippen LogP contribution in [-0.4, -0.2) is 15.7 Å². The van der Waals surface area contributed by atoms with Gasteiger partial charge in [0.2, 0.25) is 0 Å². The Morgan fingerprint density at radius 3 is 3.28 bits per heavy atom. The molecule has 2 aromatic heterocycles. The van der Waals surface area contributed by atoms with Crippen molar-refractivity contribution < 1.29 is 4.79 Å². The van der Waals surface area contributed by atoms with Crippen LogP contribution in [0.25, 0.3) is 0 Å². The van der Waals surface area contributed by atoms with Crippen LogP contribution in [0, 0.1) is 0 Å². The molecule has 0 aromatic carbocycles. The minimum atomic E-state index is 0.0120. The van der Waals surface area contributed by atoms with Crippen LogP contribution in [0.2, 0.25) is 0 Å². The highest BCUT2D eigenvalue weighted by molar-refractivity contribution is 7.08. The van der Waals surface area contributed by atoms with E-state index in [1.165, 1.54) is 11.3 Å². The van der Waals surface area contributed by atoms with Crippen LogP contribution in [0.15, 0.2) is 23.0 Å². The fourth-order valence-corrected chi connectivity index (χ4v) is 3.13. The third kappa shape index (κ3) is 1.95. The minimum absolute atomic E-state index is 0.0120. The average Bonchev–Trinajstić information content (AvgIpc) is 3.00. The maximum Gasteiger partial charge on any atom is 0.252 e. The van der Waals surface area contributed by atoms with E-state index in [1.54, 1.807) is 11.3 Å². The molecule has 1 amide bonds. The quantitative estimate of drug-likeness (QED) is 0.901. The van der Waals surface area contributed by atoms with Gasteiger partial charge in [-0.3, -0.25) is 9.48 Å². The Balaban J connectivity index is 1.80. The van der Waals surface area contributed by atoms with Crippen molar-refractivity contribution in [3.63, 3.8) is 0 Å². The maximum absolute atomic E-state index is 12.1. The summed E-state index contributed by atoms with van der Waals surface area (Å²) >= 11 is 1.54. The van der Waals surface area contributed by atoms with Gasteiger partial charge in [-0.1, -0.05) is 0 Å². The highest BCUT2D eigenvalue weighted by atomic mass is 32.1. The summed E-state index contributed by atoms with van der Waals surface area (Å²) < 4.78 is 1.91. The van der Waals surface area contributed by atoms with E-state index in [9.17, 15) is 4.79 Å². The van der Waals surface area contributed by atoms with E-state index in [0.717, 1.165) is 24.8 Å². The minimum Gasteiger partial charge on any atom is -0.345 e. The molecule has 0 unspecified atom stereocenters. The highest BCUT2D eigenvalue weighted by Crippen LogP contribution is 2.29. The van der Waals surface area contributed by atoms with Gasteiger partial charge in [-0.2, -0.15) is 16.4 Å². The first kappa shape index (κ1) is 11.5. The standard InChI is InChI=1S/C13H15N3OS/c1-16-12-4-2-3-11(10(12)7-14-16)15-13(17)9-5-6-18-8-9/h5-8,11H,2-4H2,1H3,(H,15,17)/t11-/m1/s1. The molecule has 18 heavy (non-hydrogen) atoms. The first-order valence-electron chi connectivity index (χ1n) is 6.09. The second kappa shape index (κ2) is 4.57. The van der Waals surface area contributed by atoms with E-state index in [-0.39, 0.29) is 11.9 Å². The Morgan fingerprint density at radius 1 is 1.61 bits per heavy atom. The van der Waals surface area contributed by atoms with Gasteiger partial charge in [-0.05, 0) is 30.7 Å². The van der Waals surface area contributed by atoms with E-state index >= 15 is 0 Å². The Bertz CT molecular complexity index is 559. The molecular formula is C13H15N3OS. The molecule has 1 aliphatic rings. The van der Waals surface area contributed by atoms with Crippen molar-refractivity contribution in [2.45, 2.75) is 25.3 Å². The van der Waals surface area contributed by atoms with Gasteiger partial charge in [0.25, 0.3) is 5.91 Å². The first-order valence-corrected chi connectivity index (χ1v) is 7.04. The number of aromatic nitrogens is 2. The topological polar surface area (TPSA) is 46.9 Å². The number of nitrogens with zero attached hydrogens (tertiary/aromatic N) is 2. The predicted molar refractivity (Wildman–Crippen MR) is 70.7 cm³/mol. The van der Waals surface area contributed by atoms with Crippen molar-refractivity contribution in [2.75, 3.05) is 0 Å². The number of thiophene rings is 1. The molecule has 0 radical (unpaired) electrons. The van der Waals surface area contributed by atoms with Gasteiger partial charge < -0.3 is 5.32 Å². The molecule has 0 spiro atoms. The SMILES string of the molecule is Cn1ncc2c1CCC[C@H]2NC(=O)c1ccsc1. The van der Waals surface area contributed by atoms with Crippen LogP contribution in [0.3, 0.4) is 0 Å². The van der Waals surface area contributed by atoms with Gasteiger partial charge >= 0.3 is 0 Å². The lowest BCUT2D eigenvalue weighted by Crippen LogP contribution is -2.30. The van der Waals surface area contributed by atoms with Gasteiger partial charge in [0.05, 0.1) is 17.8 Å². The molecule has 1 N–H and O–H groups in total. The van der Waals surface area contributed by atoms with Gasteiger partial charge in [0.15, 0.2) is 0 Å². The molecular weight excluding hydrogens is 246 g/mol. The smallest absolute Gasteiger partial charge is 0.252 e. The van der Waals surface area contributed by atoms with E-state index in [2.05, 4.69) is 10.4 Å². The normalized spacial score (nSPS) is 18.4. The Morgan fingerprint density at radius 2 is 2.50 bits per heavy atom. The number of carbonyl (C=O) groups is 1. The molecule has 0 bridgehead atoms. The number of hydrogen-bond donors (Lipinski definition) is 1. The fraction of sp³-hybridized carbons (Fsp3) is 0.385. The largest absolute Gasteiger partial charge is 0.345 e. The highest BCUT2D eigenvalue weighted by Gasteiger charge is 2.25. The summed E-state index contributed by atoms with van der Waals surface area (Å²) in [6, 6.07) is 1.96. The summed E-state index contributed by atoms with van der Waals surface area (Å²) in [5.41, 5.74) is 3.17. The Hall–Kier alpha value is -1.62. The Labute approximate surface area is 110 Å². The molecule has 2 heterocycles. The molecule has 0 saturated heterocycles. The van der Waals surface area contributed by atoms with Crippen LogP contribution >= 0.6 is 11.3 Å². The van der Waals surface area contributed by atoms with Crippen molar-refractivity contribution in [1.29, 1.82) is 0 Å². The number of hydrogen-bond acceptors (Lipinski definition) is 3. The molecule has 1 aliphatic carbocycles. The zero-order valence-corrected chi connectivity index (χ0v) is 11.0.